The molecule has 1 aromatic heterocycles. The van der Waals surface area contributed by atoms with Crippen molar-refractivity contribution >= 4 is 22.6 Å². The molecule has 2 rings (SSSR count). The first-order valence-electron chi connectivity index (χ1n) is 6.62. The average molecular weight is 257 g/mol. The number of amides is 2. The highest BCUT2D eigenvalue weighted by atomic mass is 16.2. The lowest BCUT2D eigenvalue weighted by molar-refractivity contribution is 0.252. The van der Waals surface area contributed by atoms with Crippen molar-refractivity contribution < 1.29 is 4.79 Å². The van der Waals surface area contributed by atoms with Crippen LogP contribution in [-0.4, -0.2) is 17.6 Å². The van der Waals surface area contributed by atoms with Crippen LogP contribution >= 0.6 is 0 Å². The number of nitrogens with one attached hydrogen (secondary N) is 2. The number of anilines is 1. The van der Waals surface area contributed by atoms with Crippen molar-refractivity contribution in [2.75, 3.05) is 11.9 Å². The third-order valence-corrected chi connectivity index (χ3v) is 2.92. The van der Waals surface area contributed by atoms with Crippen LogP contribution in [0, 0.1) is 6.92 Å². The van der Waals surface area contributed by atoms with E-state index in [4.69, 9.17) is 0 Å². The maximum absolute atomic E-state index is 11.8. The van der Waals surface area contributed by atoms with Crippen LogP contribution < -0.4 is 10.6 Å². The van der Waals surface area contributed by atoms with Crippen molar-refractivity contribution in [2.24, 2.45) is 0 Å². The van der Waals surface area contributed by atoms with Gasteiger partial charge in [0.1, 0.15) is 0 Å². The van der Waals surface area contributed by atoms with Crippen LogP contribution in [0.25, 0.3) is 10.9 Å². The highest BCUT2D eigenvalue weighted by Gasteiger charge is 2.06. The fourth-order valence-electron chi connectivity index (χ4n) is 1.89. The zero-order chi connectivity index (χ0) is 13.7. The zero-order valence-electron chi connectivity index (χ0n) is 11.4. The number of nitrogens with zero attached hydrogens (tertiary/aromatic N) is 1. The number of pyridine rings is 1. The van der Waals surface area contributed by atoms with E-state index in [0.717, 1.165) is 35.1 Å². The number of carbonyl (C=O) groups excluding carboxylic acids is 1. The first-order chi connectivity index (χ1) is 9.20. The van der Waals surface area contributed by atoms with Gasteiger partial charge in [-0.3, -0.25) is 4.98 Å². The lowest BCUT2D eigenvalue weighted by Gasteiger charge is -2.09. The predicted octanol–water partition coefficient (Wildman–Crippen LogP) is 3.46. The van der Waals surface area contributed by atoms with Gasteiger partial charge in [0.25, 0.3) is 0 Å². The Morgan fingerprint density at radius 3 is 2.89 bits per heavy atom. The van der Waals surface area contributed by atoms with Gasteiger partial charge in [-0.25, -0.2) is 4.79 Å². The SMILES string of the molecule is CCCCNC(=O)Nc1cccc2ccc(C)nc12. The molecule has 1 heterocycles. The highest BCUT2D eigenvalue weighted by molar-refractivity contribution is 5.99. The fourth-order valence-corrected chi connectivity index (χ4v) is 1.89. The molecule has 0 aliphatic rings. The minimum absolute atomic E-state index is 0.177. The largest absolute Gasteiger partial charge is 0.338 e. The van der Waals surface area contributed by atoms with Crippen LogP contribution in [0.4, 0.5) is 10.5 Å². The van der Waals surface area contributed by atoms with E-state index < -0.39 is 0 Å². The number of carbonyl (C=O) groups is 1. The van der Waals surface area contributed by atoms with Crippen molar-refractivity contribution in [2.45, 2.75) is 26.7 Å². The van der Waals surface area contributed by atoms with Crippen molar-refractivity contribution in [1.29, 1.82) is 0 Å². The summed E-state index contributed by atoms with van der Waals surface area (Å²) >= 11 is 0. The van der Waals surface area contributed by atoms with Crippen molar-refractivity contribution in [3.05, 3.63) is 36.0 Å². The van der Waals surface area contributed by atoms with Gasteiger partial charge in [-0.15, -0.1) is 0 Å². The number of aromatic nitrogens is 1. The molecule has 0 atom stereocenters. The Balaban J connectivity index is 2.16. The van der Waals surface area contributed by atoms with E-state index in [1.165, 1.54) is 0 Å². The zero-order valence-corrected chi connectivity index (χ0v) is 11.4. The molecular formula is C15H19N3O. The summed E-state index contributed by atoms with van der Waals surface area (Å²) in [5.41, 5.74) is 2.51. The Labute approximate surface area is 113 Å². The summed E-state index contributed by atoms with van der Waals surface area (Å²) in [7, 11) is 0. The van der Waals surface area contributed by atoms with Crippen molar-refractivity contribution in [3.8, 4) is 0 Å². The Bertz CT molecular complexity index is 581. The normalized spacial score (nSPS) is 10.4. The molecular weight excluding hydrogens is 238 g/mol. The van der Waals surface area contributed by atoms with Gasteiger partial charge < -0.3 is 10.6 Å². The number of benzene rings is 1. The Morgan fingerprint density at radius 2 is 2.11 bits per heavy atom. The molecule has 0 spiro atoms. The molecule has 19 heavy (non-hydrogen) atoms. The molecule has 0 fully saturated rings. The standard InChI is InChI=1S/C15H19N3O/c1-3-4-10-16-15(19)18-13-7-5-6-12-9-8-11(2)17-14(12)13/h5-9H,3-4,10H2,1-2H3,(H2,16,18,19). The smallest absolute Gasteiger partial charge is 0.319 e. The Morgan fingerprint density at radius 1 is 1.26 bits per heavy atom. The van der Waals surface area contributed by atoms with E-state index in [2.05, 4.69) is 22.5 Å². The molecule has 0 bridgehead atoms. The second-order valence-electron chi connectivity index (χ2n) is 4.56. The minimum Gasteiger partial charge on any atom is -0.338 e. The van der Waals surface area contributed by atoms with E-state index in [1.54, 1.807) is 0 Å². The molecule has 1 aromatic carbocycles. The number of aryl methyl sites for hydroxylation is 1. The first kappa shape index (κ1) is 13.3. The third-order valence-electron chi connectivity index (χ3n) is 2.92. The molecule has 2 amide bonds. The molecule has 0 aliphatic carbocycles. The van der Waals surface area contributed by atoms with E-state index in [9.17, 15) is 4.79 Å². The average Bonchev–Trinajstić information content (AvgIpc) is 2.40. The van der Waals surface area contributed by atoms with Gasteiger partial charge in [0.05, 0.1) is 11.2 Å². The maximum Gasteiger partial charge on any atom is 0.319 e. The number of hydrogen-bond donors (Lipinski definition) is 2. The second kappa shape index (κ2) is 6.18. The third kappa shape index (κ3) is 3.44. The van der Waals surface area contributed by atoms with Gasteiger partial charge in [0, 0.05) is 17.6 Å². The molecule has 0 radical (unpaired) electrons. The van der Waals surface area contributed by atoms with E-state index >= 15 is 0 Å². The minimum atomic E-state index is -0.177. The van der Waals surface area contributed by atoms with Crippen molar-refractivity contribution in [1.82, 2.24) is 10.3 Å². The summed E-state index contributed by atoms with van der Waals surface area (Å²) in [5, 5.41) is 6.72. The van der Waals surface area contributed by atoms with Gasteiger partial charge in [-0.1, -0.05) is 31.5 Å². The summed E-state index contributed by atoms with van der Waals surface area (Å²) in [6.07, 6.45) is 2.05. The summed E-state index contributed by atoms with van der Waals surface area (Å²) in [6, 6.07) is 9.58. The number of fused-ring (bicyclic) bond motifs is 1. The van der Waals surface area contributed by atoms with E-state index in [1.807, 2.05) is 37.3 Å². The van der Waals surface area contributed by atoms with Crippen LogP contribution in [-0.2, 0) is 0 Å². The number of para-hydroxylation sites is 1. The molecule has 100 valence electrons. The topological polar surface area (TPSA) is 54.0 Å². The van der Waals surface area contributed by atoms with E-state index in [0.29, 0.717) is 6.54 Å². The lowest BCUT2D eigenvalue weighted by Crippen LogP contribution is -2.29. The van der Waals surface area contributed by atoms with Crippen LogP contribution in [0.5, 0.6) is 0 Å². The molecule has 4 heteroatoms. The molecule has 2 aromatic rings. The number of rotatable bonds is 4. The summed E-state index contributed by atoms with van der Waals surface area (Å²) in [6.45, 7) is 4.73. The Hall–Kier alpha value is -2.10. The molecule has 0 unspecified atom stereocenters. The summed E-state index contributed by atoms with van der Waals surface area (Å²) < 4.78 is 0. The first-order valence-corrected chi connectivity index (χ1v) is 6.62. The number of urea groups is 1. The predicted molar refractivity (Wildman–Crippen MR) is 78.4 cm³/mol. The molecule has 0 saturated carbocycles. The number of hydrogen-bond acceptors (Lipinski definition) is 2. The summed E-state index contributed by atoms with van der Waals surface area (Å²) in [5.74, 6) is 0. The quantitative estimate of drug-likeness (QED) is 0.824. The monoisotopic (exact) mass is 257 g/mol. The highest BCUT2D eigenvalue weighted by Crippen LogP contribution is 2.21. The summed E-state index contributed by atoms with van der Waals surface area (Å²) in [4.78, 5) is 16.2. The second-order valence-corrected chi connectivity index (χ2v) is 4.56. The fraction of sp³-hybridized carbons (Fsp3) is 0.333. The van der Waals surface area contributed by atoms with Gasteiger partial charge >= 0.3 is 6.03 Å². The van der Waals surface area contributed by atoms with Gasteiger partial charge in [0.15, 0.2) is 0 Å². The van der Waals surface area contributed by atoms with Gasteiger partial charge in [-0.05, 0) is 25.5 Å². The molecule has 0 saturated heterocycles. The van der Waals surface area contributed by atoms with Crippen molar-refractivity contribution in [3.63, 3.8) is 0 Å². The van der Waals surface area contributed by atoms with Gasteiger partial charge in [-0.2, -0.15) is 0 Å². The van der Waals surface area contributed by atoms with Crippen LogP contribution in [0.15, 0.2) is 30.3 Å². The van der Waals surface area contributed by atoms with Crippen LogP contribution in [0.2, 0.25) is 0 Å². The molecule has 2 N–H and O–H groups in total. The van der Waals surface area contributed by atoms with Crippen LogP contribution in [0.1, 0.15) is 25.5 Å². The number of unbranched alkanes of at least 4 members (excludes halogenated alkanes) is 1. The molecule has 4 nitrogen and oxygen atoms in total. The van der Waals surface area contributed by atoms with Crippen LogP contribution in [0.3, 0.4) is 0 Å². The van der Waals surface area contributed by atoms with E-state index in [-0.39, 0.29) is 6.03 Å². The molecule has 0 aliphatic heterocycles. The lowest BCUT2D eigenvalue weighted by atomic mass is 10.2. The Kier molecular flexibility index (Phi) is 4.34. The van der Waals surface area contributed by atoms with Gasteiger partial charge in [0.2, 0.25) is 0 Å². The maximum atomic E-state index is 11.8.